The quantitative estimate of drug-likeness (QED) is 0.669. The molecule has 0 aromatic carbocycles. The van der Waals surface area contributed by atoms with Crippen molar-refractivity contribution in [3.8, 4) is 5.88 Å². The Bertz CT molecular complexity index is 424. The first-order valence-corrected chi connectivity index (χ1v) is 6.17. The van der Waals surface area contributed by atoms with E-state index < -0.39 is 11.7 Å². The molecule has 3 N–H and O–H groups in total. The number of aromatic hydroxyl groups is 1. The van der Waals surface area contributed by atoms with Crippen LogP contribution < -0.4 is 5.69 Å². The van der Waals surface area contributed by atoms with Crippen LogP contribution in [0.5, 0.6) is 5.88 Å². The number of H-pyrrole nitrogens is 1. The first-order valence-electron chi connectivity index (χ1n) is 4.77. The molecule has 16 heavy (non-hydrogen) atoms. The van der Waals surface area contributed by atoms with E-state index in [4.69, 9.17) is 5.11 Å². The van der Waals surface area contributed by atoms with E-state index in [1.54, 1.807) is 11.8 Å². The SMILES string of the molecule is CSCCc1[nH]c(=O)n(CCC(=O)O)c1O. The lowest BCUT2D eigenvalue weighted by Crippen LogP contribution is -2.18. The highest BCUT2D eigenvalue weighted by atomic mass is 32.2. The van der Waals surface area contributed by atoms with Crippen LogP contribution in [-0.2, 0) is 17.8 Å². The lowest BCUT2D eigenvalue weighted by molar-refractivity contribution is -0.137. The molecule has 0 aliphatic heterocycles. The number of aromatic amines is 1. The molecule has 0 amide bonds. The monoisotopic (exact) mass is 246 g/mol. The summed E-state index contributed by atoms with van der Waals surface area (Å²) < 4.78 is 1.05. The molecule has 0 saturated carbocycles. The van der Waals surface area contributed by atoms with Gasteiger partial charge in [-0.25, -0.2) is 4.79 Å². The topological polar surface area (TPSA) is 95.3 Å². The highest BCUT2D eigenvalue weighted by Gasteiger charge is 2.13. The van der Waals surface area contributed by atoms with E-state index in [1.807, 2.05) is 6.26 Å². The van der Waals surface area contributed by atoms with Crippen LogP contribution >= 0.6 is 11.8 Å². The van der Waals surface area contributed by atoms with Gasteiger partial charge in [-0.15, -0.1) is 0 Å². The van der Waals surface area contributed by atoms with Crippen molar-refractivity contribution in [2.45, 2.75) is 19.4 Å². The maximum absolute atomic E-state index is 11.4. The maximum Gasteiger partial charge on any atom is 0.328 e. The second kappa shape index (κ2) is 5.64. The highest BCUT2D eigenvalue weighted by Crippen LogP contribution is 2.14. The molecular weight excluding hydrogens is 232 g/mol. The molecule has 1 rings (SSSR count). The predicted molar refractivity (Wildman–Crippen MR) is 61.1 cm³/mol. The number of carboxylic acids is 1. The van der Waals surface area contributed by atoms with Crippen molar-refractivity contribution in [2.75, 3.05) is 12.0 Å². The minimum atomic E-state index is -1.00. The number of thioether (sulfide) groups is 1. The fourth-order valence-corrected chi connectivity index (χ4v) is 1.71. The second-order valence-electron chi connectivity index (χ2n) is 3.27. The number of aromatic nitrogens is 2. The molecule has 0 atom stereocenters. The predicted octanol–water partition coefficient (Wildman–Crippen LogP) is 0.262. The Kier molecular flexibility index (Phi) is 4.48. The highest BCUT2D eigenvalue weighted by molar-refractivity contribution is 7.98. The summed E-state index contributed by atoms with van der Waals surface area (Å²) in [5, 5.41) is 18.2. The van der Waals surface area contributed by atoms with E-state index in [9.17, 15) is 14.7 Å². The zero-order valence-corrected chi connectivity index (χ0v) is 9.71. The molecule has 0 radical (unpaired) electrons. The Morgan fingerprint density at radius 1 is 1.56 bits per heavy atom. The molecule has 0 unspecified atom stereocenters. The van der Waals surface area contributed by atoms with Gasteiger partial charge in [0.2, 0.25) is 5.88 Å². The van der Waals surface area contributed by atoms with Crippen LogP contribution in [0.25, 0.3) is 0 Å². The van der Waals surface area contributed by atoms with E-state index in [2.05, 4.69) is 4.98 Å². The summed E-state index contributed by atoms with van der Waals surface area (Å²) in [5.74, 6) is -0.370. The molecule has 0 fully saturated rings. The van der Waals surface area contributed by atoms with E-state index in [1.165, 1.54) is 0 Å². The van der Waals surface area contributed by atoms with Gasteiger partial charge in [0.05, 0.1) is 12.1 Å². The number of aliphatic carboxylic acids is 1. The number of rotatable bonds is 6. The molecule has 1 aromatic heterocycles. The number of imidazole rings is 1. The molecule has 1 aromatic rings. The lowest BCUT2D eigenvalue weighted by atomic mass is 10.3. The minimum absolute atomic E-state index is 0.0181. The van der Waals surface area contributed by atoms with Gasteiger partial charge in [0.1, 0.15) is 0 Å². The first kappa shape index (κ1) is 12.7. The summed E-state index contributed by atoms with van der Waals surface area (Å²) in [6.07, 6.45) is 2.30. The Morgan fingerprint density at radius 2 is 2.25 bits per heavy atom. The summed E-state index contributed by atoms with van der Waals surface area (Å²) in [6.45, 7) is -0.0181. The third-order valence-corrected chi connectivity index (χ3v) is 2.75. The Balaban J connectivity index is 2.80. The summed E-state index contributed by atoms with van der Waals surface area (Å²) >= 11 is 1.60. The van der Waals surface area contributed by atoms with Gasteiger partial charge in [0.15, 0.2) is 0 Å². The number of nitrogens with zero attached hydrogens (tertiary/aromatic N) is 1. The van der Waals surface area contributed by atoms with Gasteiger partial charge in [0, 0.05) is 13.0 Å². The van der Waals surface area contributed by atoms with Crippen molar-refractivity contribution in [1.29, 1.82) is 0 Å². The van der Waals surface area contributed by atoms with E-state index >= 15 is 0 Å². The third kappa shape index (κ3) is 3.06. The van der Waals surface area contributed by atoms with Crippen molar-refractivity contribution in [3.05, 3.63) is 16.2 Å². The van der Waals surface area contributed by atoms with Crippen molar-refractivity contribution >= 4 is 17.7 Å². The molecule has 0 saturated heterocycles. The van der Waals surface area contributed by atoms with Crippen molar-refractivity contribution < 1.29 is 15.0 Å². The van der Waals surface area contributed by atoms with Gasteiger partial charge in [-0.05, 0) is 12.0 Å². The van der Waals surface area contributed by atoms with Crippen LogP contribution in [-0.4, -0.2) is 37.7 Å². The Labute approximate surface area is 96.3 Å². The smallest absolute Gasteiger partial charge is 0.328 e. The first-order chi connectivity index (χ1) is 7.56. The molecule has 0 spiro atoms. The van der Waals surface area contributed by atoms with Crippen molar-refractivity contribution in [3.63, 3.8) is 0 Å². The standard InChI is InChI=1S/C9H14N2O4S/c1-16-5-3-6-8(14)11(9(15)10-6)4-2-7(12)13/h14H,2-5H2,1H3,(H,10,15)(H,12,13). The van der Waals surface area contributed by atoms with E-state index in [0.717, 1.165) is 10.3 Å². The van der Waals surface area contributed by atoms with Gasteiger partial charge in [-0.3, -0.25) is 9.36 Å². The average molecular weight is 246 g/mol. The van der Waals surface area contributed by atoms with Crippen LogP contribution in [0.2, 0.25) is 0 Å². The molecular formula is C9H14N2O4S. The van der Waals surface area contributed by atoms with Gasteiger partial charge in [-0.1, -0.05) is 0 Å². The maximum atomic E-state index is 11.4. The molecule has 1 heterocycles. The molecule has 7 heteroatoms. The lowest BCUT2D eigenvalue weighted by Gasteiger charge is -2.01. The fourth-order valence-electron chi connectivity index (χ4n) is 1.30. The molecule has 6 nitrogen and oxygen atoms in total. The second-order valence-corrected chi connectivity index (χ2v) is 4.26. The number of nitrogens with one attached hydrogen (secondary N) is 1. The summed E-state index contributed by atoms with van der Waals surface area (Å²) in [5.41, 5.74) is -0.000378. The van der Waals surface area contributed by atoms with Crippen LogP contribution in [0.15, 0.2) is 4.79 Å². The molecule has 0 aliphatic carbocycles. The van der Waals surface area contributed by atoms with Crippen LogP contribution in [0.3, 0.4) is 0 Å². The van der Waals surface area contributed by atoms with Crippen molar-refractivity contribution in [2.24, 2.45) is 0 Å². The molecule has 0 aliphatic rings. The van der Waals surface area contributed by atoms with E-state index in [-0.39, 0.29) is 18.8 Å². The number of hydrogen-bond donors (Lipinski definition) is 3. The third-order valence-electron chi connectivity index (χ3n) is 2.13. The number of aryl methyl sites for hydroxylation is 1. The van der Waals surface area contributed by atoms with Crippen LogP contribution in [0, 0.1) is 0 Å². The van der Waals surface area contributed by atoms with Crippen molar-refractivity contribution in [1.82, 2.24) is 9.55 Å². The van der Waals surface area contributed by atoms with Crippen LogP contribution in [0.4, 0.5) is 0 Å². The number of carboxylic acid groups (broad SMARTS) is 1. The fraction of sp³-hybridized carbons (Fsp3) is 0.556. The summed E-state index contributed by atoms with van der Waals surface area (Å²) in [7, 11) is 0. The molecule has 0 bridgehead atoms. The summed E-state index contributed by atoms with van der Waals surface area (Å²) in [6, 6.07) is 0. The average Bonchev–Trinajstić information content (AvgIpc) is 2.48. The van der Waals surface area contributed by atoms with Gasteiger partial charge in [0.25, 0.3) is 0 Å². The Morgan fingerprint density at radius 3 is 2.81 bits per heavy atom. The van der Waals surface area contributed by atoms with Gasteiger partial charge in [-0.2, -0.15) is 11.8 Å². The zero-order chi connectivity index (χ0) is 12.1. The minimum Gasteiger partial charge on any atom is -0.493 e. The normalized spacial score (nSPS) is 10.6. The van der Waals surface area contributed by atoms with Gasteiger partial charge >= 0.3 is 11.7 Å². The summed E-state index contributed by atoms with van der Waals surface area (Å²) in [4.78, 5) is 24.3. The zero-order valence-electron chi connectivity index (χ0n) is 8.89. The van der Waals surface area contributed by atoms with E-state index in [0.29, 0.717) is 12.1 Å². The number of carbonyl (C=O) groups is 1. The number of hydrogen-bond acceptors (Lipinski definition) is 4. The Hall–Kier alpha value is -1.37. The van der Waals surface area contributed by atoms with Crippen LogP contribution in [0.1, 0.15) is 12.1 Å². The van der Waals surface area contributed by atoms with Gasteiger partial charge < -0.3 is 15.2 Å². The molecule has 90 valence electrons. The largest absolute Gasteiger partial charge is 0.493 e.